The van der Waals surface area contributed by atoms with Crippen molar-refractivity contribution in [2.75, 3.05) is 25.6 Å². The van der Waals surface area contributed by atoms with Crippen molar-refractivity contribution >= 4 is 33.3 Å². The van der Waals surface area contributed by atoms with Crippen LogP contribution in [0.5, 0.6) is 11.5 Å². The summed E-state index contributed by atoms with van der Waals surface area (Å²) < 4.78 is 93.4. The van der Waals surface area contributed by atoms with Gasteiger partial charge in [0, 0.05) is 24.2 Å². The second-order valence-corrected chi connectivity index (χ2v) is 13.2. The van der Waals surface area contributed by atoms with E-state index in [1.165, 1.54) is 19.2 Å². The predicted octanol–water partition coefficient (Wildman–Crippen LogP) is 5.41. The molecule has 0 radical (unpaired) electrons. The van der Waals surface area contributed by atoms with Crippen LogP contribution in [0.1, 0.15) is 62.2 Å². The fourth-order valence-electron chi connectivity index (χ4n) is 6.16. The Balaban J connectivity index is 1.44. The van der Waals surface area contributed by atoms with Gasteiger partial charge in [-0.2, -0.15) is 13.2 Å². The standard InChI is InChI=1S/C31H36F4N2O8S/c1-3-44-26(38)10-5-4-6-13-45-25-16-22(24(43-2)17-23(25)32)29(39)37-28-19-12-11-18(14-19)27(28)30(40)36-20-8-7-9-21(15-20)46(41,42)31(33,34)35/h7-9,15-19,27-28H,3-6,10-14H2,1-2H3,(H,36,40)(H,37,39)/t18-,19+,27+,28-/m1/s1. The normalized spacial score (nSPS) is 20.7. The zero-order chi connectivity index (χ0) is 33.6. The maximum Gasteiger partial charge on any atom is 0.501 e. The van der Waals surface area contributed by atoms with Gasteiger partial charge in [-0.25, -0.2) is 12.8 Å². The number of amides is 2. The largest absolute Gasteiger partial charge is 0.501 e. The number of carbonyl (C=O) groups is 3. The number of esters is 1. The summed E-state index contributed by atoms with van der Waals surface area (Å²) in [6.45, 7) is 2.16. The van der Waals surface area contributed by atoms with Gasteiger partial charge in [-0.15, -0.1) is 0 Å². The Labute approximate surface area is 264 Å². The molecule has 252 valence electrons. The van der Waals surface area contributed by atoms with E-state index < -0.39 is 49.8 Å². The topological polar surface area (TPSA) is 137 Å². The van der Waals surface area contributed by atoms with E-state index in [2.05, 4.69) is 10.6 Å². The number of carbonyl (C=O) groups excluding carboxylic acids is 3. The molecule has 2 N–H and O–H groups in total. The van der Waals surface area contributed by atoms with Crippen molar-refractivity contribution in [3.8, 4) is 11.5 Å². The number of fused-ring (bicyclic) bond motifs is 2. The van der Waals surface area contributed by atoms with Gasteiger partial charge in [-0.3, -0.25) is 14.4 Å². The molecule has 2 amide bonds. The number of nitrogens with one attached hydrogen (secondary N) is 2. The number of rotatable bonds is 14. The Bertz CT molecular complexity index is 1550. The highest BCUT2D eigenvalue weighted by atomic mass is 32.2. The predicted molar refractivity (Wildman–Crippen MR) is 157 cm³/mol. The van der Waals surface area contributed by atoms with E-state index in [-0.39, 0.29) is 53.6 Å². The molecule has 0 saturated heterocycles. The molecule has 2 aliphatic carbocycles. The van der Waals surface area contributed by atoms with Crippen LogP contribution in [-0.2, 0) is 24.2 Å². The van der Waals surface area contributed by atoms with E-state index in [0.29, 0.717) is 38.7 Å². The van der Waals surface area contributed by atoms with Crippen molar-refractivity contribution in [2.45, 2.75) is 68.3 Å². The molecule has 10 nitrogen and oxygen atoms in total. The molecule has 0 unspecified atom stereocenters. The van der Waals surface area contributed by atoms with Crippen molar-refractivity contribution in [1.82, 2.24) is 5.32 Å². The molecule has 2 aromatic carbocycles. The fraction of sp³-hybridized carbons (Fsp3) is 0.516. The number of unbranched alkanes of at least 4 members (excludes halogenated alkanes) is 2. The first-order chi connectivity index (χ1) is 21.8. The van der Waals surface area contributed by atoms with Gasteiger partial charge < -0.3 is 24.8 Å². The average Bonchev–Trinajstić information content (AvgIpc) is 3.61. The fourth-order valence-corrected chi connectivity index (χ4v) is 6.97. The summed E-state index contributed by atoms with van der Waals surface area (Å²) in [7, 11) is -4.35. The zero-order valence-corrected chi connectivity index (χ0v) is 26.1. The van der Waals surface area contributed by atoms with Crippen LogP contribution in [-0.4, -0.2) is 58.1 Å². The molecule has 2 aliphatic rings. The molecule has 15 heteroatoms. The lowest BCUT2D eigenvalue weighted by Gasteiger charge is -2.31. The molecule has 0 aromatic heterocycles. The van der Waals surface area contributed by atoms with Gasteiger partial charge >= 0.3 is 11.5 Å². The Kier molecular flexibility index (Phi) is 11.2. The molecule has 4 rings (SSSR count). The van der Waals surface area contributed by atoms with Crippen LogP contribution >= 0.6 is 0 Å². The number of benzene rings is 2. The highest BCUT2D eigenvalue weighted by Crippen LogP contribution is 2.49. The summed E-state index contributed by atoms with van der Waals surface area (Å²) in [6.07, 6.45) is 4.09. The Hall–Kier alpha value is -3.88. The number of anilines is 1. The maximum absolute atomic E-state index is 14.8. The van der Waals surface area contributed by atoms with Gasteiger partial charge in [-0.05, 0) is 81.5 Å². The first-order valence-corrected chi connectivity index (χ1v) is 16.4. The SMILES string of the molecule is CCOC(=O)CCCCCOc1cc(C(=O)N[C@@H]2[C@H]3CC[C@H](C3)[C@@H]2C(=O)Nc2cccc(S(=O)(=O)C(F)(F)F)c2)c(OC)cc1F. The number of sulfone groups is 1. The van der Waals surface area contributed by atoms with Crippen molar-refractivity contribution in [1.29, 1.82) is 0 Å². The van der Waals surface area contributed by atoms with Crippen LogP contribution in [0, 0.1) is 23.6 Å². The van der Waals surface area contributed by atoms with Crippen LogP contribution in [0.3, 0.4) is 0 Å². The minimum Gasteiger partial charge on any atom is -0.496 e. The lowest BCUT2D eigenvalue weighted by atomic mass is 9.83. The van der Waals surface area contributed by atoms with Crippen LogP contribution in [0.4, 0.5) is 23.2 Å². The average molecular weight is 673 g/mol. The van der Waals surface area contributed by atoms with Crippen molar-refractivity contribution in [3.63, 3.8) is 0 Å². The lowest BCUT2D eigenvalue weighted by molar-refractivity contribution is -0.143. The Morgan fingerprint density at radius 2 is 1.74 bits per heavy atom. The molecular weight excluding hydrogens is 636 g/mol. The lowest BCUT2D eigenvalue weighted by Crippen LogP contribution is -2.48. The van der Waals surface area contributed by atoms with E-state index in [1.807, 2.05) is 0 Å². The van der Waals surface area contributed by atoms with Gasteiger partial charge in [0.1, 0.15) is 5.75 Å². The van der Waals surface area contributed by atoms with Crippen molar-refractivity contribution in [3.05, 3.63) is 47.8 Å². The van der Waals surface area contributed by atoms with Crippen molar-refractivity contribution < 1.29 is 54.6 Å². The summed E-state index contributed by atoms with van der Waals surface area (Å²) in [4.78, 5) is 37.4. The third kappa shape index (κ3) is 7.91. The van der Waals surface area contributed by atoms with E-state index >= 15 is 0 Å². The summed E-state index contributed by atoms with van der Waals surface area (Å²) in [5, 5.41) is 5.40. The number of methoxy groups -OCH3 is 1. The van der Waals surface area contributed by atoms with Gasteiger partial charge in [0.05, 0.1) is 36.7 Å². The minimum atomic E-state index is -5.62. The molecule has 46 heavy (non-hydrogen) atoms. The molecule has 2 saturated carbocycles. The minimum absolute atomic E-state index is 0.0202. The summed E-state index contributed by atoms with van der Waals surface area (Å²) in [6, 6.07) is 5.51. The second-order valence-electron chi connectivity index (χ2n) is 11.3. The van der Waals surface area contributed by atoms with E-state index in [1.54, 1.807) is 6.92 Å². The highest BCUT2D eigenvalue weighted by molar-refractivity contribution is 7.92. The second kappa shape index (κ2) is 14.7. The summed E-state index contributed by atoms with van der Waals surface area (Å²) >= 11 is 0. The molecule has 2 aromatic rings. The van der Waals surface area contributed by atoms with Gasteiger partial charge in [0.25, 0.3) is 15.7 Å². The van der Waals surface area contributed by atoms with Gasteiger partial charge in [0.2, 0.25) is 5.91 Å². The van der Waals surface area contributed by atoms with Gasteiger partial charge in [-0.1, -0.05) is 6.07 Å². The van der Waals surface area contributed by atoms with E-state index in [4.69, 9.17) is 14.2 Å². The Morgan fingerprint density at radius 3 is 2.43 bits per heavy atom. The van der Waals surface area contributed by atoms with E-state index in [9.17, 15) is 40.4 Å². The van der Waals surface area contributed by atoms with Crippen molar-refractivity contribution in [2.24, 2.45) is 17.8 Å². The number of hydrogen-bond donors (Lipinski definition) is 2. The third-order valence-electron chi connectivity index (χ3n) is 8.32. The molecule has 2 bridgehead atoms. The zero-order valence-electron chi connectivity index (χ0n) is 25.3. The molecule has 2 fully saturated rings. The van der Waals surface area contributed by atoms with Gasteiger partial charge in [0.15, 0.2) is 11.6 Å². The Morgan fingerprint density at radius 1 is 1.00 bits per heavy atom. The molecule has 0 aliphatic heterocycles. The first-order valence-electron chi connectivity index (χ1n) is 15.0. The smallest absolute Gasteiger partial charge is 0.496 e. The summed E-state index contributed by atoms with van der Waals surface area (Å²) in [5.41, 5.74) is -5.66. The van der Waals surface area contributed by atoms with E-state index in [0.717, 1.165) is 30.7 Å². The quantitative estimate of drug-likeness (QED) is 0.154. The molecule has 4 atom stereocenters. The number of alkyl halides is 3. The van der Waals surface area contributed by atoms with Crippen LogP contribution in [0.2, 0.25) is 0 Å². The molecule has 0 heterocycles. The third-order valence-corrected chi connectivity index (χ3v) is 9.80. The highest BCUT2D eigenvalue weighted by Gasteiger charge is 2.52. The van der Waals surface area contributed by atoms with Crippen LogP contribution in [0.25, 0.3) is 0 Å². The van der Waals surface area contributed by atoms with Crippen LogP contribution < -0.4 is 20.1 Å². The molecule has 0 spiro atoms. The monoisotopic (exact) mass is 672 g/mol. The number of ether oxygens (including phenoxy) is 3. The maximum atomic E-state index is 14.8. The number of hydrogen-bond acceptors (Lipinski definition) is 8. The first kappa shape index (κ1) is 35.0. The summed E-state index contributed by atoms with van der Waals surface area (Å²) in [5.74, 6) is -3.39. The van der Waals surface area contributed by atoms with Crippen LogP contribution in [0.15, 0.2) is 41.3 Å². The number of halogens is 4. The molecular formula is C31H36F4N2O8S.